The second-order valence-electron chi connectivity index (χ2n) is 18.2. The Hall–Kier alpha value is -6.06. The van der Waals surface area contributed by atoms with E-state index in [1.165, 1.54) is 33.4 Å². The van der Waals surface area contributed by atoms with Gasteiger partial charge in [-0.1, -0.05) is 152 Å². The zero-order chi connectivity index (χ0) is 38.7. The first-order valence-electron chi connectivity index (χ1n) is 19.9. The number of hydrogen-bond donors (Lipinski definition) is 0. The Labute approximate surface area is 329 Å². The molecule has 0 fully saturated rings. The van der Waals surface area contributed by atoms with E-state index in [9.17, 15) is 0 Å². The molecule has 3 nitrogen and oxygen atoms in total. The molecule has 2 heterocycles. The van der Waals surface area contributed by atoms with Gasteiger partial charge in [0.25, 0.3) is 0 Å². The Kier molecular flexibility index (Phi) is 7.36. The fourth-order valence-corrected chi connectivity index (χ4v) is 9.29. The van der Waals surface area contributed by atoms with Crippen LogP contribution in [0.3, 0.4) is 0 Å². The summed E-state index contributed by atoms with van der Waals surface area (Å²) in [5, 5.41) is 4.44. The van der Waals surface area contributed by atoms with Crippen molar-refractivity contribution >= 4 is 60.9 Å². The normalized spacial score (nSPS) is 13.9. The van der Waals surface area contributed by atoms with Gasteiger partial charge in [0.15, 0.2) is 0 Å². The predicted molar refractivity (Wildman–Crippen MR) is 236 cm³/mol. The molecule has 10 rings (SSSR count). The number of benzene rings is 7. The lowest BCUT2D eigenvalue weighted by Gasteiger charge is -2.30. The van der Waals surface area contributed by atoms with Crippen molar-refractivity contribution in [2.45, 2.75) is 71.6 Å². The van der Waals surface area contributed by atoms with Crippen LogP contribution in [0.5, 0.6) is 0 Å². The lowest BCUT2D eigenvalue weighted by molar-refractivity contribution is 0.559. The van der Waals surface area contributed by atoms with Crippen LogP contribution in [0.1, 0.15) is 77.6 Å². The van der Waals surface area contributed by atoms with Gasteiger partial charge in [-0.25, -0.2) is 0 Å². The SMILES string of the molecule is CC(C)(C)c1cc(C(C)(C)C)c2oc3cccc(N(c4cccc5c4-c4ccccc4C5(C)C)c4cccc5oc6cccc(-c7ccccc7)c6c45)c3c2c1. The summed E-state index contributed by atoms with van der Waals surface area (Å²) in [5.74, 6) is 0. The topological polar surface area (TPSA) is 29.5 Å². The summed E-state index contributed by atoms with van der Waals surface area (Å²) in [6, 6.07) is 50.7. The summed E-state index contributed by atoms with van der Waals surface area (Å²) in [6.45, 7) is 18.5. The van der Waals surface area contributed by atoms with E-state index in [1.54, 1.807) is 0 Å². The molecule has 9 aromatic rings. The summed E-state index contributed by atoms with van der Waals surface area (Å²) in [6.07, 6.45) is 0. The van der Waals surface area contributed by atoms with Crippen molar-refractivity contribution in [3.63, 3.8) is 0 Å². The molecule has 0 atom stereocenters. The van der Waals surface area contributed by atoms with Gasteiger partial charge in [-0.05, 0) is 86.7 Å². The molecule has 0 N–H and O–H groups in total. The molecule has 0 saturated carbocycles. The third-order valence-corrected chi connectivity index (χ3v) is 12.1. The fraction of sp³-hybridized carbons (Fsp3) is 0.208. The zero-order valence-corrected chi connectivity index (χ0v) is 33.5. The Morgan fingerprint density at radius 1 is 0.482 bits per heavy atom. The van der Waals surface area contributed by atoms with Crippen LogP contribution in [0.15, 0.2) is 148 Å². The van der Waals surface area contributed by atoms with Gasteiger partial charge in [0.1, 0.15) is 22.3 Å². The van der Waals surface area contributed by atoms with Crippen LogP contribution in [0.2, 0.25) is 0 Å². The molecule has 0 saturated heterocycles. The van der Waals surface area contributed by atoms with E-state index in [-0.39, 0.29) is 16.2 Å². The molecule has 2 aromatic heterocycles. The minimum Gasteiger partial charge on any atom is -0.456 e. The van der Waals surface area contributed by atoms with Gasteiger partial charge >= 0.3 is 0 Å². The number of fused-ring (bicyclic) bond motifs is 9. The van der Waals surface area contributed by atoms with Crippen molar-refractivity contribution in [2.24, 2.45) is 0 Å². The van der Waals surface area contributed by atoms with Crippen LogP contribution in [0.4, 0.5) is 17.1 Å². The minimum atomic E-state index is -0.167. The van der Waals surface area contributed by atoms with Crippen molar-refractivity contribution in [3.05, 3.63) is 162 Å². The average Bonchev–Trinajstić information content (AvgIpc) is 3.83. The largest absolute Gasteiger partial charge is 0.456 e. The zero-order valence-electron chi connectivity index (χ0n) is 33.5. The Balaban J connectivity index is 1.38. The Morgan fingerprint density at radius 2 is 1.05 bits per heavy atom. The van der Waals surface area contributed by atoms with Crippen LogP contribution in [-0.2, 0) is 16.2 Å². The lowest BCUT2D eigenvalue weighted by Crippen LogP contribution is -2.16. The standard InChI is InChI=1S/C53H47NO2/c1-51(2,3)33-30-36-47-41(25-16-28-43(47)56-50(36)39(31-33)52(4,5)6)54(40-24-15-23-38-46(40)35-20-12-13-22-37(35)53(38,7)8)42-26-17-29-45-49(42)48-34(21-14-27-44(48)55-45)32-18-10-9-11-19-32/h9-31H,1-8H3. The van der Waals surface area contributed by atoms with E-state index in [0.29, 0.717) is 0 Å². The van der Waals surface area contributed by atoms with E-state index < -0.39 is 0 Å². The monoisotopic (exact) mass is 729 g/mol. The van der Waals surface area contributed by atoms with Crippen LogP contribution in [0, 0.1) is 0 Å². The molecular weight excluding hydrogens is 683 g/mol. The molecule has 0 bridgehead atoms. The highest BCUT2D eigenvalue weighted by atomic mass is 16.3. The van der Waals surface area contributed by atoms with Gasteiger partial charge in [-0.15, -0.1) is 0 Å². The second-order valence-corrected chi connectivity index (χ2v) is 18.2. The highest BCUT2D eigenvalue weighted by Crippen LogP contribution is 2.56. The van der Waals surface area contributed by atoms with Crippen molar-refractivity contribution in [1.29, 1.82) is 0 Å². The van der Waals surface area contributed by atoms with Crippen molar-refractivity contribution in [3.8, 4) is 22.3 Å². The number of anilines is 3. The second kappa shape index (κ2) is 12.0. The van der Waals surface area contributed by atoms with Gasteiger partial charge in [0.05, 0.1) is 27.8 Å². The molecular formula is C53H47NO2. The van der Waals surface area contributed by atoms with Crippen molar-refractivity contribution < 1.29 is 8.83 Å². The molecule has 56 heavy (non-hydrogen) atoms. The van der Waals surface area contributed by atoms with E-state index >= 15 is 0 Å². The quantitative estimate of drug-likeness (QED) is 0.181. The number of rotatable bonds is 4. The molecule has 1 aliphatic rings. The Morgan fingerprint density at radius 3 is 1.77 bits per heavy atom. The molecule has 0 aliphatic heterocycles. The summed E-state index contributed by atoms with van der Waals surface area (Å²) >= 11 is 0. The third kappa shape index (κ3) is 5.03. The van der Waals surface area contributed by atoms with Gasteiger partial charge < -0.3 is 13.7 Å². The predicted octanol–water partition coefficient (Wildman–Crippen LogP) is 15.5. The van der Waals surface area contributed by atoms with E-state index in [1.807, 2.05) is 0 Å². The van der Waals surface area contributed by atoms with Gasteiger partial charge in [-0.3, -0.25) is 0 Å². The molecule has 3 heteroatoms. The first-order valence-corrected chi connectivity index (χ1v) is 19.9. The van der Waals surface area contributed by atoms with Crippen molar-refractivity contribution in [1.82, 2.24) is 0 Å². The summed E-state index contributed by atoms with van der Waals surface area (Å²) in [4.78, 5) is 2.51. The molecule has 1 aliphatic carbocycles. The van der Waals surface area contributed by atoms with E-state index in [4.69, 9.17) is 8.83 Å². The summed E-state index contributed by atoms with van der Waals surface area (Å²) in [5.41, 5.74) is 16.5. The maximum absolute atomic E-state index is 7.00. The molecule has 0 amide bonds. The maximum atomic E-state index is 7.00. The van der Waals surface area contributed by atoms with Crippen LogP contribution in [-0.4, -0.2) is 0 Å². The highest BCUT2D eigenvalue weighted by Gasteiger charge is 2.38. The molecule has 0 radical (unpaired) electrons. The summed E-state index contributed by atoms with van der Waals surface area (Å²) in [7, 11) is 0. The lowest BCUT2D eigenvalue weighted by atomic mass is 9.79. The number of nitrogens with zero attached hydrogens (tertiary/aromatic N) is 1. The highest BCUT2D eigenvalue weighted by molar-refractivity contribution is 6.21. The number of hydrogen-bond acceptors (Lipinski definition) is 3. The fourth-order valence-electron chi connectivity index (χ4n) is 9.29. The smallest absolute Gasteiger partial charge is 0.139 e. The van der Waals surface area contributed by atoms with Crippen LogP contribution < -0.4 is 4.90 Å². The van der Waals surface area contributed by atoms with Gasteiger partial charge in [0.2, 0.25) is 0 Å². The first-order chi connectivity index (χ1) is 26.8. The Bertz CT molecular complexity index is 3020. The van der Waals surface area contributed by atoms with E-state index in [2.05, 4.69) is 200 Å². The summed E-state index contributed by atoms with van der Waals surface area (Å²) < 4.78 is 13.8. The van der Waals surface area contributed by atoms with E-state index in [0.717, 1.165) is 72.1 Å². The van der Waals surface area contributed by atoms with Gasteiger partial charge in [-0.2, -0.15) is 0 Å². The number of furan rings is 2. The molecule has 276 valence electrons. The minimum absolute atomic E-state index is 0.0584. The molecule has 7 aromatic carbocycles. The average molecular weight is 730 g/mol. The van der Waals surface area contributed by atoms with Gasteiger partial charge in [0, 0.05) is 27.3 Å². The molecule has 0 unspecified atom stereocenters. The van der Waals surface area contributed by atoms with Crippen LogP contribution >= 0.6 is 0 Å². The third-order valence-electron chi connectivity index (χ3n) is 12.1. The first kappa shape index (κ1) is 34.4. The maximum Gasteiger partial charge on any atom is 0.139 e. The van der Waals surface area contributed by atoms with Crippen LogP contribution in [0.25, 0.3) is 66.1 Å². The molecule has 0 spiro atoms. The van der Waals surface area contributed by atoms with Crippen molar-refractivity contribution in [2.75, 3.05) is 4.90 Å².